The molecule has 0 heterocycles. The minimum atomic E-state index is -0.239. The van der Waals surface area contributed by atoms with E-state index in [1.165, 1.54) is 13.1 Å². The van der Waals surface area contributed by atoms with Gasteiger partial charge in [-0.25, -0.2) is 5.43 Å². The second-order valence-corrected chi connectivity index (χ2v) is 6.16. The molecule has 1 N–H and O–H groups in total. The Kier molecular flexibility index (Phi) is 6.63. The van der Waals surface area contributed by atoms with Crippen LogP contribution in [-0.4, -0.2) is 19.2 Å². The Morgan fingerprint density at radius 2 is 2.00 bits per heavy atom. The van der Waals surface area contributed by atoms with Crippen LogP contribution in [0.3, 0.4) is 0 Å². The fraction of sp³-hybridized carbons (Fsp3) is 0.176. The lowest BCUT2D eigenvalue weighted by molar-refractivity contribution is -0.118. The van der Waals surface area contributed by atoms with Gasteiger partial charge in [0, 0.05) is 22.0 Å². The fourth-order valence-electron chi connectivity index (χ4n) is 1.86. The van der Waals surface area contributed by atoms with E-state index in [0.717, 1.165) is 15.6 Å². The topological polar surface area (TPSA) is 59.9 Å². The lowest BCUT2D eigenvalue weighted by atomic mass is 10.2. The molecule has 2 aromatic rings. The Morgan fingerprint density at radius 3 is 2.62 bits per heavy atom. The van der Waals surface area contributed by atoms with Crippen molar-refractivity contribution in [3.8, 4) is 11.5 Å². The van der Waals surface area contributed by atoms with Gasteiger partial charge in [-0.3, -0.25) is 4.79 Å². The third kappa shape index (κ3) is 5.25. The highest BCUT2D eigenvalue weighted by atomic mass is 79.9. The Balaban J connectivity index is 2.15. The largest absolute Gasteiger partial charge is 0.493 e. The van der Waals surface area contributed by atoms with Crippen LogP contribution in [0.5, 0.6) is 11.5 Å². The van der Waals surface area contributed by atoms with Crippen LogP contribution in [0.1, 0.15) is 18.1 Å². The number of hydrazone groups is 1. The summed E-state index contributed by atoms with van der Waals surface area (Å²) < 4.78 is 11.9. The number of nitrogens with zero attached hydrogens (tertiary/aromatic N) is 1. The van der Waals surface area contributed by atoms with E-state index in [2.05, 4.69) is 26.5 Å². The van der Waals surface area contributed by atoms with Gasteiger partial charge in [0.2, 0.25) is 5.91 Å². The highest BCUT2D eigenvalue weighted by Gasteiger charge is 2.10. The van der Waals surface area contributed by atoms with Crippen molar-refractivity contribution in [3.63, 3.8) is 0 Å². The molecular weight excluding hydrogens is 396 g/mol. The Hall–Kier alpha value is -2.05. The molecule has 7 heteroatoms. The lowest BCUT2D eigenvalue weighted by Gasteiger charge is -2.13. The van der Waals surface area contributed by atoms with Crippen molar-refractivity contribution in [2.75, 3.05) is 7.11 Å². The first-order chi connectivity index (χ1) is 11.5. The van der Waals surface area contributed by atoms with Gasteiger partial charge in [0.1, 0.15) is 6.61 Å². The van der Waals surface area contributed by atoms with Gasteiger partial charge in [0.25, 0.3) is 0 Å². The van der Waals surface area contributed by atoms with Gasteiger partial charge in [0.05, 0.1) is 13.3 Å². The normalized spacial score (nSPS) is 10.7. The van der Waals surface area contributed by atoms with Crippen LogP contribution in [0.2, 0.25) is 5.02 Å². The van der Waals surface area contributed by atoms with Crippen molar-refractivity contribution in [2.24, 2.45) is 5.10 Å². The number of benzene rings is 2. The van der Waals surface area contributed by atoms with Gasteiger partial charge >= 0.3 is 0 Å². The Bertz CT molecular complexity index is 748. The summed E-state index contributed by atoms with van der Waals surface area (Å²) in [6.45, 7) is 1.78. The third-order valence-corrected chi connectivity index (χ3v) is 3.95. The predicted octanol–water partition coefficient (Wildman–Crippen LogP) is 4.16. The third-order valence-electron chi connectivity index (χ3n) is 3.02. The minimum Gasteiger partial charge on any atom is -0.493 e. The summed E-state index contributed by atoms with van der Waals surface area (Å²) in [5, 5.41) is 4.53. The second-order valence-electron chi connectivity index (χ2n) is 4.87. The molecule has 0 atom stereocenters. The molecular formula is C17H16BrClN2O3. The first kappa shape index (κ1) is 18.3. The summed E-state index contributed by atoms with van der Waals surface area (Å²) in [5.74, 6) is 0.921. The van der Waals surface area contributed by atoms with Crippen molar-refractivity contribution in [3.05, 3.63) is 57.0 Å². The zero-order valence-electron chi connectivity index (χ0n) is 13.2. The molecule has 0 radical (unpaired) electrons. The van der Waals surface area contributed by atoms with Crippen molar-refractivity contribution in [1.82, 2.24) is 5.43 Å². The van der Waals surface area contributed by atoms with Gasteiger partial charge in [-0.2, -0.15) is 5.10 Å². The lowest BCUT2D eigenvalue weighted by Crippen LogP contribution is -2.12. The van der Waals surface area contributed by atoms with Gasteiger partial charge in [0.15, 0.2) is 11.5 Å². The van der Waals surface area contributed by atoms with Gasteiger partial charge in [-0.15, -0.1) is 0 Å². The zero-order chi connectivity index (χ0) is 17.5. The van der Waals surface area contributed by atoms with Crippen LogP contribution in [0.15, 0.2) is 46.0 Å². The number of carbonyl (C=O) groups is 1. The summed E-state index contributed by atoms with van der Waals surface area (Å²) >= 11 is 9.33. The summed E-state index contributed by atoms with van der Waals surface area (Å²) in [5.41, 5.74) is 4.10. The first-order valence-corrected chi connectivity index (χ1v) is 8.21. The van der Waals surface area contributed by atoms with Crippen molar-refractivity contribution >= 4 is 39.7 Å². The van der Waals surface area contributed by atoms with Crippen molar-refractivity contribution in [2.45, 2.75) is 13.5 Å². The molecule has 2 aromatic carbocycles. The van der Waals surface area contributed by atoms with Crippen molar-refractivity contribution in [1.29, 1.82) is 0 Å². The number of nitrogens with one attached hydrogen (secondary N) is 1. The van der Waals surface area contributed by atoms with E-state index in [4.69, 9.17) is 21.1 Å². The molecule has 0 spiro atoms. The fourth-order valence-corrected chi connectivity index (χ4v) is 2.41. The van der Waals surface area contributed by atoms with E-state index in [1.54, 1.807) is 19.2 Å². The van der Waals surface area contributed by atoms with E-state index in [9.17, 15) is 4.79 Å². The van der Waals surface area contributed by atoms with Crippen LogP contribution >= 0.6 is 27.5 Å². The van der Waals surface area contributed by atoms with Gasteiger partial charge < -0.3 is 9.47 Å². The van der Waals surface area contributed by atoms with Crippen LogP contribution in [0.4, 0.5) is 0 Å². The van der Waals surface area contributed by atoms with E-state index in [-0.39, 0.29) is 5.91 Å². The molecule has 126 valence electrons. The minimum absolute atomic E-state index is 0.239. The van der Waals surface area contributed by atoms with E-state index >= 15 is 0 Å². The number of hydrogen-bond acceptors (Lipinski definition) is 4. The second kappa shape index (κ2) is 8.70. The summed E-state index contributed by atoms with van der Waals surface area (Å²) in [4.78, 5) is 10.8. The monoisotopic (exact) mass is 410 g/mol. The summed E-state index contributed by atoms with van der Waals surface area (Å²) in [6, 6.07) is 11.0. The van der Waals surface area contributed by atoms with E-state index in [0.29, 0.717) is 23.1 Å². The van der Waals surface area contributed by atoms with Crippen LogP contribution in [0, 0.1) is 0 Å². The average Bonchev–Trinajstić information content (AvgIpc) is 2.55. The van der Waals surface area contributed by atoms with Gasteiger partial charge in [-0.05, 0) is 45.8 Å². The number of methoxy groups -OCH3 is 1. The molecule has 0 aliphatic rings. The standard InChI is InChI=1S/C17H16BrClN2O3/c1-11(22)21-20-9-13-7-16(23-2)17(8-15(13)18)24-10-12-3-5-14(19)6-4-12/h3-9H,10H2,1-2H3,(H,21,22). The Morgan fingerprint density at radius 1 is 1.29 bits per heavy atom. The molecule has 2 rings (SSSR count). The van der Waals surface area contributed by atoms with E-state index < -0.39 is 0 Å². The number of rotatable bonds is 6. The molecule has 1 amide bonds. The maximum absolute atomic E-state index is 10.8. The Labute approximate surface area is 153 Å². The molecule has 0 aliphatic heterocycles. The molecule has 0 saturated carbocycles. The quantitative estimate of drug-likeness (QED) is 0.573. The van der Waals surface area contributed by atoms with Crippen LogP contribution < -0.4 is 14.9 Å². The number of carbonyl (C=O) groups excluding carboxylic acids is 1. The van der Waals surface area contributed by atoms with Crippen molar-refractivity contribution < 1.29 is 14.3 Å². The highest BCUT2D eigenvalue weighted by Crippen LogP contribution is 2.33. The maximum Gasteiger partial charge on any atom is 0.236 e. The van der Waals surface area contributed by atoms with Gasteiger partial charge in [-0.1, -0.05) is 23.7 Å². The molecule has 0 unspecified atom stereocenters. The zero-order valence-corrected chi connectivity index (χ0v) is 15.5. The van der Waals surface area contributed by atoms with Crippen LogP contribution in [0.25, 0.3) is 0 Å². The highest BCUT2D eigenvalue weighted by molar-refractivity contribution is 9.10. The van der Waals surface area contributed by atoms with Crippen LogP contribution in [-0.2, 0) is 11.4 Å². The smallest absolute Gasteiger partial charge is 0.236 e. The summed E-state index contributed by atoms with van der Waals surface area (Å²) in [6.07, 6.45) is 1.52. The molecule has 0 fully saturated rings. The summed E-state index contributed by atoms with van der Waals surface area (Å²) in [7, 11) is 1.56. The molecule has 0 aliphatic carbocycles. The predicted molar refractivity (Wildman–Crippen MR) is 97.9 cm³/mol. The van der Waals surface area contributed by atoms with E-state index in [1.807, 2.05) is 24.3 Å². The number of hydrogen-bond donors (Lipinski definition) is 1. The molecule has 0 saturated heterocycles. The average molecular weight is 412 g/mol. The maximum atomic E-state index is 10.8. The molecule has 24 heavy (non-hydrogen) atoms. The number of halogens is 2. The molecule has 0 aromatic heterocycles. The first-order valence-electron chi connectivity index (χ1n) is 7.04. The number of amides is 1. The SMILES string of the molecule is COc1cc(C=NNC(C)=O)c(Br)cc1OCc1ccc(Cl)cc1. The molecule has 0 bridgehead atoms. The molecule has 5 nitrogen and oxygen atoms in total. The number of ether oxygens (including phenoxy) is 2.